The van der Waals surface area contributed by atoms with Crippen LogP contribution in [0.5, 0.6) is 0 Å². The predicted molar refractivity (Wildman–Crippen MR) is 92.0 cm³/mol. The summed E-state index contributed by atoms with van der Waals surface area (Å²) >= 11 is 0. The number of hydrogen-bond acceptors (Lipinski definition) is 6. The number of aromatic nitrogens is 7. The minimum Gasteiger partial charge on any atom is -0.341 e. The van der Waals surface area contributed by atoms with Crippen molar-refractivity contribution in [2.45, 2.75) is 51.6 Å². The van der Waals surface area contributed by atoms with Crippen LogP contribution in [0.1, 0.15) is 50.3 Å². The summed E-state index contributed by atoms with van der Waals surface area (Å²) in [5.74, 6) is 3.50. The van der Waals surface area contributed by atoms with Gasteiger partial charge in [0.2, 0.25) is 5.95 Å². The van der Waals surface area contributed by atoms with Gasteiger partial charge in [-0.1, -0.05) is 6.92 Å². The Morgan fingerprint density at radius 3 is 2.80 bits per heavy atom. The maximum atomic E-state index is 4.92. The molecule has 0 radical (unpaired) electrons. The molecule has 0 N–H and O–H groups in total. The highest BCUT2D eigenvalue weighted by Gasteiger charge is 2.40. The molecule has 5 rings (SSSR count). The highest BCUT2D eigenvalue weighted by molar-refractivity contribution is 5.63. The molecule has 2 aliphatic rings. The second kappa shape index (κ2) is 5.37. The highest BCUT2D eigenvalue weighted by atomic mass is 15.4. The molecule has 0 amide bonds. The van der Waals surface area contributed by atoms with Crippen LogP contribution in [0, 0.1) is 6.92 Å². The first-order valence-corrected chi connectivity index (χ1v) is 8.84. The van der Waals surface area contributed by atoms with Gasteiger partial charge in [0, 0.05) is 18.4 Å². The third-order valence-electron chi connectivity index (χ3n) is 5.30. The SMILES string of the molecule is CC[C@@H]1c2nnc(C)n2-c2cnc(-n3ccnc3)nc2N1C1CCC1. The number of rotatable bonds is 3. The van der Waals surface area contributed by atoms with Crippen molar-refractivity contribution in [2.24, 2.45) is 0 Å². The Morgan fingerprint density at radius 2 is 2.12 bits per heavy atom. The van der Waals surface area contributed by atoms with Gasteiger partial charge in [0.05, 0.1) is 12.2 Å². The lowest BCUT2D eigenvalue weighted by molar-refractivity contribution is 0.341. The second-order valence-electron chi connectivity index (χ2n) is 6.71. The average Bonchev–Trinajstić information content (AvgIpc) is 3.23. The van der Waals surface area contributed by atoms with E-state index in [-0.39, 0.29) is 6.04 Å². The summed E-state index contributed by atoms with van der Waals surface area (Å²) < 4.78 is 3.95. The summed E-state index contributed by atoms with van der Waals surface area (Å²) in [5.41, 5.74) is 0.970. The monoisotopic (exact) mass is 336 g/mol. The Labute approximate surface area is 145 Å². The van der Waals surface area contributed by atoms with E-state index in [1.165, 1.54) is 19.3 Å². The van der Waals surface area contributed by atoms with Gasteiger partial charge in [-0.3, -0.25) is 9.13 Å². The van der Waals surface area contributed by atoms with E-state index in [4.69, 9.17) is 4.98 Å². The summed E-state index contributed by atoms with van der Waals surface area (Å²) in [4.78, 5) is 16.0. The standard InChI is InChI=1S/C17H20N8/c1-3-13-16-22-21-11(2)24(16)14-9-19-17(23-8-7-18-10-23)20-15(14)25(13)12-5-4-6-12/h7-10,12-13H,3-6H2,1-2H3/t13-/m1/s1. The zero-order chi connectivity index (χ0) is 17.0. The Hall–Kier alpha value is -2.77. The zero-order valence-electron chi connectivity index (χ0n) is 14.4. The molecule has 0 unspecified atom stereocenters. The van der Waals surface area contributed by atoms with E-state index in [1.54, 1.807) is 12.5 Å². The molecule has 1 aliphatic heterocycles. The number of anilines is 1. The van der Waals surface area contributed by atoms with Crippen LogP contribution >= 0.6 is 0 Å². The molecule has 8 heteroatoms. The van der Waals surface area contributed by atoms with Crippen molar-refractivity contribution in [2.75, 3.05) is 4.90 Å². The van der Waals surface area contributed by atoms with Crippen molar-refractivity contribution in [1.82, 2.24) is 34.3 Å². The topological polar surface area (TPSA) is 77.5 Å². The molecule has 1 fully saturated rings. The first-order valence-electron chi connectivity index (χ1n) is 8.84. The summed E-state index contributed by atoms with van der Waals surface area (Å²) in [7, 11) is 0. The molecule has 25 heavy (non-hydrogen) atoms. The predicted octanol–water partition coefficient (Wildman–Crippen LogP) is 2.38. The van der Waals surface area contributed by atoms with Gasteiger partial charge >= 0.3 is 0 Å². The molecular formula is C17H20N8. The molecule has 1 saturated carbocycles. The molecular weight excluding hydrogens is 316 g/mol. The first kappa shape index (κ1) is 14.6. The van der Waals surface area contributed by atoms with E-state index in [0.717, 1.165) is 29.6 Å². The van der Waals surface area contributed by atoms with Gasteiger partial charge in [0.1, 0.15) is 17.8 Å². The lowest BCUT2D eigenvalue weighted by Crippen LogP contribution is -2.46. The Bertz CT molecular complexity index is 909. The van der Waals surface area contributed by atoms with Crippen molar-refractivity contribution in [3.8, 4) is 11.6 Å². The van der Waals surface area contributed by atoms with Crippen LogP contribution in [0.3, 0.4) is 0 Å². The van der Waals surface area contributed by atoms with Crippen LogP contribution in [-0.4, -0.2) is 40.3 Å². The highest BCUT2D eigenvalue weighted by Crippen LogP contribution is 2.43. The van der Waals surface area contributed by atoms with E-state index in [2.05, 4.69) is 36.6 Å². The fourth-order valence-electron chi connectivity index (χ4n) is 3.84. The maximum absolute atomic E-state index is 4.92. The van der Waals surface area contributed by atoms with Gasteiger partial charge in [-0.15, -0.1) is 10.2 Å². The molecule has 0 saturated heterocycles. The molecule has 3 aromatic heterocycles. The van der Waals surface area contributed by atoms with Crippen molar-refractivity contribution >= 4 is 5.82 Å². The van der Waals surface area contributed by atoms with Crippen molar-refractivity contribution < 1.29 is 0 Å². The van der Waals surface area contributed by atoms with E-state index in [9.17, 15) is 0 Å². The summed E-state index contributed by atoms with van der Waals surface area (Å²) in [6.07, 6.45) is 11.9. The van der Waals surface area contributed by atoms with Gasteiger partial charge in [-0.25, -0.2) is 9.97 Å². The molecule has 128 valence electrons. The fraction of sp³-hybridized carbons (Fsp3) is 0.471. The minimum absolute atomic E-state index is 0.199. The molecule has 0 bridgehead atoms. The Morgan fingerprint density at radius 1 is 1.24 bits per heavy atom. The van der Waals surface area contributed by atoms with E-state index in [1.807, 2.05) is 23.9 Å². The maximum Gasteiger partial charge on any atom is 0.236 e. The quantitative estimate of drug-likeness (QED) is 0.731. The molecule has 1 aliphatic carbocycles. The van der Waals surface area contributed by atoms with Gasteiger partial charge in [-0.2, -0.15) is 4.98 Å². The first-order chi connectivity index (χ1) is 12.3. The summed E-state index contributed by atoms with van der Waals surface area (Å²) in [6, 6.07) is 0.713. The molecule has 0 spiro atoms. The number of aryl methyl sites for hydroxylation is 1. The van der Waals surface area contributed by atoms with Crippen molar-refractivity contribution in [3.63, 3.8) is 0 Å². The van der Waals surface area contributed by atoms with Crippen LogP contribution in [0.25, 0.3) is 11.6 Å². The van der Waals surface area contributed by atoms with Crippen LogP contribution < -0.4 is 4.90 Å². The van der Waals surface area contributed by atoms with Crippen LogP contribution in [0.4, 0.5) is 5.82 Å². The Kier molecular flexibility index (Phi) is 3.13. The Balaban J connectivity index is 1.73. The lowest BCUT2D eigenvalue weighted by Gasteiger charge is -2.45. The minimum atomic E-state index is 0.199. The van der Waals surface area contributed by atoms with E-state index in [0.29, 0.717) is 12.0 Å². The number of fused-ring (bicyclic) bond motifs is 3. The van der Waals surface area contributed by atoms with Gasteiger partial charge in [0.25, 0.3) is 0 Å². The normalized spacial score (nSPS) is 19.4. The molecule has 1 atom stereocenters. The molecule has 8 nitrogen and oxygen atoms in total. The number of hydrogen-bond donors (Lipinski definition) is 0. The van der Waals surface area contributed by atoms with Gasteiger partial charge in [-0.05, 0) is 32.6 Å². The lowest BCUT2D eigenvalue weighted by atomic mass is 9.89. The average molecular weight is 336 g/mol. The largest absolute Gasteiger partial charge is 0.341 e. The van der Waals surface area contributed by atoms with Crippen LogP contribution in [0.15, 0.2) is 24.9 Å². The molecule has 4 heterocycles. The fourth-order valence-corrected chi connectivity index (χ4v) is 3.84. The number of nitrogens with zero attached hydrogens (tertiary/aromatic N) is 8. The smallest absolute Gasteiger partial charge is 0.236 e. The third kappa shape index (κ3) is 2.03. The molecule has 3 aromatic rings. The van der Waals surface area contributed by atoms with Gasteiger partial charge in [0.15, 0.2) is 11.6 Å². The van der Waals surface area contributed by atoms with Crippen molar-refractivity contribution in [3.05, 3.63) is 36.6 Å². The second-order valence-corrected chi connectivity index (χ2v) is 6.71. The summed E-state index contributed by atoms with van der Waals surface area (Å²) in [6.45, 7) is 4.18. The molecule has 0 aromatic carbocycles. The number of imidazole rings is 1. The summed E-state index contributed by atoms with van der Waals surface area (Å²) in [5, 5.41) is 8.79. The van der Waals surface area contributed by atoms with Crippen molar-refractivity contribution in [1.29, 1.82) is 0 Å². The third-order valence-corrected chi connectivity index (χ3v) is 5.30. The van der Waals surface area contributed by atoms with E-state index < -0.39 is 0 Å². The zero-order valence-corrected chi connectivity index (χ0v) is 14.4. The van der Waals surface area contributed by atoms with E-state index >= 15 is 0 Å². The van der Waals surface area contributed by atoms with Crippen LogP contribution in [-0.2, 0) is 0 Å². The van der Waals surface area contributed by atoms with Crippen LogP contribution in [0.2, 0.25) is 0 Å². The van der Waals surface area contributed by atoms with Gasteiger partial charge < -0.3 is 4.90 Å².